The van der Waals surface area contributed by atoms with Crippen LogP contribution in [0.5, 0.6) is 5.88 Å². The lowest BCUT2D eigenvalue weighted by molar-refractivity contribution is 0.187. The minimum Gasteiger partial charge on any atom is -0.480 e. The number of pyridine rings is 1. The van der Waals surface area contributed by atoms with Crippen molar-refractivity contribution in [2.45, 2.75) is 100 Å². The topological polar surface area (TPSA) is 158 Å². The average Bonchev–Trinajstić information content (AvgIpc) is 3.59. The summed E-state index contributed by atoms with van der Waals surface area (Å²) in [5, 5.41) is 0.722. The molecule has 2 atom stereocenters. The van der Waals surface area contributed by atoms with Crippen molar-refractivity contribution in [2.24, 2.45) is 16.9 Å². The highest BCUT2D eigenvalue weighted by Crippen LogP contribution is 2.50. The molecule has 0 amide bonds. The Morgan fingerprint density at radius 3 is 2.56 bits per heavy atom. The molecule has 1 aliphatic heterocycles. The predicted molar refractivity (Wildman–Crippen MR) is 184 cm³/mol. The fraction of sp³-hybridized carbons (Fsp3) is 0.529. The number of piperidine rings is 1. The zero-order valence-electron chi connectivity index (χ0n) is 27.0. The lowest BCUT2D eigenvalue weighted by Crippen LogP contribution is -2.44. The number of unbranched alkanes of at least 4 members (excludes halogenated alkanes) is 3. The number of imidazole rings is 1. The van der Waals surface area contributed by atoms with E-state index in [2.05, 4.69) is 58.0 Å². The van der Waals surface area contributed by atoms with Gasteiger partial charge in [0.15, 0.2) is 11.3 Å². The number of hydrogen-bond acceptors (Lipinski definition) is 10. The van der Waals surface area contributed by atoms with Gasteiger partial charge < -0.3 is 31.8 Å². The fourth-order valence-electron chi connectivity index (χ4n) is 6.56. The molecule has 2 aliphatic rings. The molecule has 1 fully saturated rings. The van der Waals surface area contributed by atoms with Crippen molar-refractivity contribution in [3.05, 3.63) is 53.7 Å². The Morgan fingerprint density at radius 2 is 1.82 bits per heavy atom. The number of H-pyrrole nitrogens is 1. The van der Waals surface area contributed by atoms with Crippen LogP contribution in [0.4, 0.5) is 11.8 Å². The zero-order valence-corrected chi connectivity index (χ0v) is 27.8. The molecule has 7 N–H and O–H groups in total. The van der Waals surface area contributed by atoms with Crippen LogP contribution in [0.25, 0.3) is 11.3 Å². The van der Waals surface area contributed by atoms with Crippen molar-refractivity contribution in [3.8, 4) is 5.88 Å². The largest absolute Gasteiger partial charge is 0.480 e. The molecule has 3 aromatic heterocycles. The molecule has 242 valence electrons. The maximum Gasteiger partial charge on any atom is 0.229 e. The summed E-state index contributed by atoms with van der Waals surface area (Å²) in [5.41, 5.74) is 22.5. The number of nitrogens with two attached hydrogens (primary N) is 3. The Labute approximate surface area is 271 Å². The third-order valence-corrected chi connectivity index (χ3v) is 10.1. The smallest absolute Gasteiger partial charge is 0.229 e. The highest BCUT2D eigenvalue weighted by molar-refractivity contribution is 7.99. The summed E-state index contributed by atoms with van der Waals surface area (Å²) >= 11 is 1.42. The molecule has 4 aromatic rings. The van der Waals surface area contributed by atoms with E-state index in [1.807, 2.05) is 6.07 Å². The molecular formula is C34H49N9OS. The second-order valence-corrected chi connectivity index (χ2v) is 13.4. The van der Waals surface area contributed by atoms with Gasteiger partial charge in [-0.2, -0.15) is 9.97 Å². The summed E-state index contributed by atoms with van der Waals surface area (Å²) in [4.78, 5) is 24.6. The van der Waals surface area contributed by atoms with Gasteiger partial charge in [0, 0.05) is 25.2 Å². The molecule has 10 nitrogen and oxygen atoms in total. The maximum absolute atomic E-state index is 6.73. The normalized spacial score (nSPS) is 17.6. The van der Waals surface area contributed by atoms with E-state index in [9.17, 15) is 0 Å². The summed E-state index contributed by atoms with van der Waals surface area (Å²) in [6, 6.07) is 12.8. The van der Waals surface area contributed by atoms with Crippen LogP contribution >= 0.6 is 11.8 Å². The SMILES string of the molecule is CCCCCCC(N)CCC.COc1nc(N)ccc1Sc1cnc2nc(N3CCC4(CC3)Cc3ccccc3[C@H]4N)[nH]c2n1. The third kappa shape index (κ3) is 7.88. The van der Waals surface area contributed by atoms with Gasteiger partial charge in [0.05, 0.1) is 18.2 Å². The number of nitrogens with zero attached hydrogens (tertiary/aromatic N) is 5. The molecule has 1 saturated heterocycles. The van der Waals surface area contributed by atoms with E-state index in [1.165, 1.54) is 67.8 Å². The number of nitrogen functional groups attached to an aromatic ring is 1. The molecule has 1 aromatic carbocycles. The molecule has 0 radical (unpaired) electrons. The Hall–Kier alpha value is -3.41. The van der Waals surface area contributed by atoms with E-state index in [0.717, 1.165) is 48.2 Å². The number of aromatic amines is 1. The first-order chi connectivity index (χ1) is 21.9. The average molecular weight is 632 g/mol. The fourth-order valence-corrected chi connectivity index (χ4v) is 7.38. The summed E-state index contributed by atoms with van der Waals surface area (Å²) in [6.45, 7) is 6.24. The van der Waals surface area contributed by atoms with E-state index in [0.29, 0.717) is 29.0 Å². The number of methoxy groups -OCH3 is 1. The van der Waals surface area contributed by atoms with Crippen molar-refractivity contribution < 1.29 is 4.74 Å². The Balaban J connectivity index is 0.000000314. The Morgan fingerprint density at radius 1 is 1.02 bits per heavy atom. The number of anilines is 2. The van der Waals surface area contributed by atoms with Gasteiger partial charge in [-0.05, 0) is 60.8 Å². The van der Waals surface area contributed by atoms with E-state index >= 15 is 0 Å². The van der Waals surface area contributed by atoms with Crippen molar-refractivity contribution in [3.63, 3.8) is 0 Å². The van der Waals surface area contributed by atoms with Gasteiger partial charge in [-0.15, -0.1) is 0 Å². The quantitative estimate of drug-likeness (QED) is 0.136. The summed E-state index contributed by atoms with van der Waals surface area (Å²) < 4.78 is 5.34. The monoisotopic (exact) mass is 631 g/mol. The van der Waals surface area contributed by atoms with Gasteiger partial charge >= 0.3 is 0 Å². The van der Waals surface area contributed by atoms with Gasteiger partial charge in [0.2, 0.25) is 11.8 Å². The van der Waals surface area contributed by atoms with E-state index in [4.69, 9.17) is 31.9 Å². The summed E-state index contributed by atoms with van der Waals surface area (Å²) in [6.07, 6.45) is 13.9. The van der Waals surface area contributed by atoms with Gasteiger partial charge in [0.25, 0.3) is 0 Å². The highest BCUT2D eigenvalue weighted by Gasteiger charge is 2.46. The third-order valence-electron chi connectivity index (χ3n) is 9.17. The van der Waals surface area contributed by atoms with Gasteiger partial charge in [-0.3, -0.25) is 0 Å². The molecule has 1 aliphatic carbocycles. The molecule has 45 heavy (non-hydrogen) atoms. The van der Waals surface area contributed by atoms with E-state index in [-0.39, 0.29) is 11.5 Å². The molecule has 0 bridgehead atoms. The number of rotatable bonds is 11. The first-order valence-corrected chi connectivity index (χ1v) is 17.2. The number of hydrogen-bond donors (Lipinski definition) is 4. The number of nitrogens with one attached hydrogen (secondary N) is 1. The highest BCUT2D eigenvalue weighted by atomic mass is 32.2. The second-order valence-electron chi connectivity index (χ2n) is 12.4. The maximum atomic E-state index is 6.73. The van der Waals surface area contributed by atoms with Gasteiger partial charge in [0.1, 0.15) is 10.8 Å². The van der Waals surface area contributed by atoms with Crippen LogP contribution in [0.1, 0.15) is 88.8 Å². The van der Waals surface area contributed by atoms with E-state index < -0.39 is 0 Å². The van der Waals surface area contributed by atoms with Gasteiger partial charge in [-0.25, -0.2) is 9.97 Å². The Bertz CT molecular complexity index is 1540. The number of benzene rings is 1. The molecule has 4 heterocycles. The predicted octanol–water partition coefficient (Wildman–Crippen LogP) is 6.42. The van der Waals surface area contributed by atoms with Crippen LogP contribution < -0.4 is 26.8 Å². The minimum atomic E-state index is 0.101. The zero-order chi connectivity index (χ0) is 31.8. The molecule has 1 unspecified atom stereocenters. The van der Waals surface area contributed by atoms with Crippen LogP contribution in [0.15, 0.2) is 52.5 Å². The molecule has 0 saturated carbocycles. The summed E-state index contributed by atoms with van der Waals surface area (Å²) in [7, 11) is 1.57. The molecule has 11 heteroatoms. The minimum absolute atomic E-state index is 0.101. The lowest BCUT2D eigenvalue weighted by atomic mass is 9.73. The lowest BCUT2D eigenvalue weighted by Gasteiger charge is -2.42. The standard InChI is InChI=1S/C24H26N8OS.C10H23N/c1-33-22-16(6-7-17(25)28-22)34-18-13-27-20-21(29-18)31-23(30-20)32-10-8-24(9-11-32)12-14-4-2-3-5-15(14)19(24)26;1-3-5-6-7-9-10(11)8-4-2/h2-7,13,19H,8-12,26H2,1H3,(H2,25,28)(H,27,29,30,31);10H,3-9,11H2,1-2H3/t19-;/m1./s1. The summed E-state index contributed by atoms with van der Waals surface area (Å²) in [5.74, 6) is 1.68. The number of fused-ring (bicyclic) bond motifs is 2. The molecule has 6 rings (SSSR count). The molecule has 1 spiro atoms. The van der Waals surface area contributed by atoms with Crippen LogP contribution in [0.3, 0.4) is 0 Å². The van der Waals surface area contributed by atoms with Crippen molar-refractivity contribution in [1.29, 1.82) is 0 Å². The second kappa shape index (κ2) is 15.2. The van der Waals surface area contributed by atoms with E-state index in [1.54, 1.807) is 19.4 Å². The number of aromatic nitrogens is 5. The van der Waals surface area contributed by atoms with Gasteiger partial charge in [-0.1, -0.05) is 82.0 Å². The molecular weight excluding hydrogens is 583 g/mol. The van der Waals surface area contributed by atoms with Crippen LogP contribution in [-0.2, 0) is 6.42 Å². The van der Waals surface area contributed by atoms with Crippen molar-refractivity contribution in [1.82, 2.24) is 24.9 Å². The first-order valence-electron chi connectivity index (χ1n) is 16.4. The van der Waals surface area contributed by atoms with Crippen molar-refractivity contribution >= 4 is 34.8 Å². The van der Waals surface area contributed by atoms with Crippen molar-refractivity contribution in [2.75, 3.05) is 30.8 Å². The van der Waals surface area contributed by atoms with Crippen LogP contribution in [0, 0.1) is 5.41 Å². The van der Waals surface area contributed by atoms with Crippen LogP contribution in [-0.4, -0.2) is 51.2 Å². The first kappa shape index (κ1) is 33.0. The number of ether oxygens (including phenoxy) is 1. The Kier molecular flexibility index (Phi) is 11.2. The van der Waals surface area contributed by atoms with Crippen LogP contribution in [0.2, 0.25) is 0 Å².